The summed E-state index contributed by atoms with van der Waals surface area (Å²) in [6, 6.07) is 7.52. The minimum atomic E-state index is -1.37. The molecule has 4 heterocycles. The van der Waals surface area contributed by atoms with Gasteiger partial charge in [0.1, 0.15) is 29.8 Å². The van der Waals surface area contributed by atoms with Crippen LogP contribution in [0.3, 0.4) is 0 Å². The number of fused-ring (bicyclic) bond motifs is 2. The average molecular weight is 659 g/mol. The van der Waals surface area contributed by atoms with E-state index in [0.29, 0.717) is 10.9 Å². The fourth-order valence-corrected chi connectivity index (χ4v) is 7.61. The topological polar surface area (TPSA) is 117 Å². The molecular weight excluding hydrogens is 618 g/mol. The van der Waals surface area contributed by atoms with Gasteiger partial charge in [-0.05, 0) is 45.3 Å². The molecule has 11 heteroatoms. The van der Waals surface area contributed by atoms with E-state index in [-0.39, 0.29) is 56.3 Å². The van der Waals surface area contributed by atoms with E-state index in [1.54, 1.807) is 22.9 Å². The standard InChI is InChI=1S/C32H40BrN3O7/c1-19(2)35-15-10-6-9-14-23(38)34(4)20(3)26(21-12-7-5-8-13-21)42-31(41)24-25-29(39)36(16-11-17-37)28(30(35)40)32(25)18-22(33)27(24)43-32/h5-8,10,12-13,18-20,24-28,37H,9,11,14-17H2,1-4H3/b10-6-/t20-,24+,25-,26+,27+,28+,32-/m1/s1. The molecule has 0 saturated carbocycles. The molecule has 232 valence electrons. The SMILES string of the molecule is CC(C)N1C/C=C\CCC(=O)N(C)[C@H](C)[C@@H](c2ccccc2)OC(=O)[C@@H]2[C@H]3O[C@@]4(C=C3Br)[C@H](C1=O)N(CCCO)C(=O)[C@@H]24. The minimum absolute atomic E-state index is 0.100. The van der Waals surface area contributed by atoms with Gasteiger partial charge in [-0.3, -0.25) is 19.2 Å². The van der Waals surface area contributed by atoms with Gasteiger partial charge < -0.3 is 29.3 Å². The number of aliphatic hydroxyl groups excluding tert-OH is 1. The van der Waals surface area contributed by atoms with E-state index >= 15 is 0 Å². The summed E-state index contributed by atoms with van der Waals surface area (Å²) in [5, 5.41) is 9.63. The second-order valence-electron chi connectivity index (χ2n) is 12.0. The minimum Gasteiger partial charge on any atom is -0.455 e. The van der Waals surface area contributed by atoms with Gasteiger partial charge in [0, 0.05) is 43.7 Å². The van der Waals surface area contributed by atoms with Crippen molar-refractivity contribution >= 4 is 39.6 Å². The lowest BCUT2D eigenvalue weighted by atomic mass is 9.74. The Hall–Kier alpha value is -3.02. The van der Waals surface area contributed by atoms with Gasteiger partial charge in [-0.1, -0.05) is 58.4 Å². The van der Waals surface area contributed by atoms with Gasteiger partial charge >= 0.3 is 5.97 Å². The van der Waals surface area contributed by atoms with Crippen molar-refractivity contribution in [3.05, 3.63) is 58.6 Å². The molecule has 4 aliphatic rings. The van der Waals surface area contributed by atoms with E-state index in [2.05, 4.69) is 15.9 Å². The predicted molar refractivity (Wildman–Crippen MR) is 162 cm³/mol. The highest BCUT2D eigenvalue weighted by atomic mass is 79.9. The lowest BCUT2D eigenvalue weighted by Gasteiger charge is -2.37. The van der Waals surface area contributed by atoms with Crippen LogP contribution in [0.15, 0.2) is 53.0 Å². The number of aliphatic hydroxyl groups is 1. The summed E-state index contributed by atoms with van der Waals surface area (Å²) in [6.07, 6.45) is 4.95. The second-order valence-corrected chi connectivity index (χ2v) is 13.0. The van der Waals surface area contributed by atoms with Crippen LogP contribution in [0.1, 0.15) is 51.7 Å². The van der Waals surface area contributed by atoms with Crippen molar-refractivity contribution in [1.82, 2.24) is 14.7 Å². The number of carbonyl (C=O) groups is 4. The molecule has 0 aliphatic carbocycles. The zero-order valence-corrected chi connectivity index (χ0v) is 26.6. The maximum Gasteiger partial charge on any atom is 0.313 e. The highest BCUT2D eigenvalue weighted by Gasteiger charge is 2.75. The van der Waals surface area contributed by atoms with Crippen molar-refractivity contribution in [2.75, 3.05) is 26.7 Å². The van der Waals surface area contributed by atoms with Gasteiger partial charge in [0.2, 0.25) is 17.7 Å². The summed E-state index contributed by atoms with van der Waals surface area (Å²) in [6.45, 7) is 5.92. The van der Waals surface area contributed by atoms with E-state index in [1.165, 1.54) is 4.90 Å². The van der Waals surface area contributed by atoms with E-state index < -0.39 is 47.7 Å². The number of hydrogen-bond acceptors (Lipinski definition) is 7. The molecule has 7 atom stereocenters. The average Bonchev–Trinajstić information content (AvgIpc) is 3.58. The van der Waals surface area contributed by atoms with Crippen molar-refractivity contribution in [1.29, 1.82) is 0 Å². The third-order valence-corrected chi connectivity index (χ3v) is 9.88. The Morgan fingerprint density at radius 1 is 1.07 bits per heavy atom. The van der Waals surface area contributed by atoms with Gasteiger partial charge in [0.15, 0.2) is 0 Å². The van der Waals surface area contributed by atoms with Gasteiger partial charge in [-0.25, -0.2) is 0 Å². The molecule has 3 amide bonds. The fourth-order valence-electron chi connectivity index (χ4n) is 6.87. The first-order valence-electron chi connectivity index (χ1n) is 15.0. The Morgan fingerprint density at radius 3 is 2.47 bits per heavy atom. The number of allylic oxidation sites excluding steroid dienone is 1. The van der Waals surface area contributed by atoms with E-state index in [1.807, 2.05) is 63.3 Å². The molecule has 2 fully saturated rings. The van der Waals surface area contributed by atoms with Crippen LogP contribution in [0, 0.1) is 11.8 Å². The highest BCUT2D eigenvalue weighted by molar-refractivity contribution is 9.11. The molecule has 0 unspecified atom stereocenters. The summed E-state index contributed by atoms with van der Waals surface area (Å²) in [5.41, 5.74) is -0.653. The van der Waals surface area contributed by atoms with Crippen LogP contribution in [0.2, 0.25) is 0 Å². The number of amides is 3. The van der Waals surface area contributed by atoms with Crippen molar-refractivity contribution in [3.63, 3.8) is 0 Å². The van der Waals surface area contributed by atoms with Gasteiger partial charge in [-0.15, -0.1) is 0 Å². The maximum atomic E-state index is 14.4. The number of rotatable bonds is 5. The summed E-state index contributed by atoms with van der Waals surface area (Å²) in [7, 11) is 1.70. The smallest absolute Gasteiger partial charge is 0.313 e. The van der Waals surface area contributed by atoms with Crippen molar-refractivity contribution < 1.29 is 33.8 Å². The largest absolute Gasteiger partial charge is 0.455 e. The number of hydrogen-bond donors (Lipinski definition) is 1. The quantitative estimate of drug-likeness (QED) is 0.382. The Morgan fingerprint density at radius 2 is 1.79 bits per heavy atom. The van der Waals surface area contributed by atoms with E-state index in [4.69, 9.17) is 9.47 Å². The lowest BCUT2D eigenvalue weighted by Crippen LogP contribution is -2.57. The molecule has 5 bridgehead atoms. The zero-order valence-electron chi connectivity index (χ0n) is 25.0. The summed E-state index contributed by atoms with van der Waals surface area (Å²) in [5.74, 6) is -3.38. The molecule has 1 spiro atoms. The number of esters is 1. The molecule has 43 heavy (non-hydrogen) atoms. The highest BCUT2D eigenvalue weighted by Crippen LogP contribution is 2.59. The molecule has 1 aromatic rings. The first kappa shape index (κ1) is 31.4. The van der Waals surface area contributed by atoms with Crippen LogP contribution < -0.4 is 0 Å². The monoisotopic (exact) mass is 657 g/mol. The second kappa shape index (κ2) is 12.5. The third-order valence-electron chi connectivity index (χ3n) is 9.20. The van der Waals surface area contributed by atoms with Crippen LogP contribution in [0.5, 0.6) is 0 Å². The number of carbonyl (C=O) groups excluding carboxylic acids is 4. The molecule has 1 N–H and O–H groups in total. The number of likely N-dealkylation sites (tertiary alicyclic amines) is 1. The van der Waals surface area contributed by atoms with Gasteiger partial charge in [0.25, 0.3) is 0 Å². The Bertz CT molecular complexity index is 1320. The molecule has 10 nitrogen and oxygen atoms in total. The first-order valence-corrected chi connectivity index (χ1v) is 15.8. The molecular formula is C32H40BrN3O7. The summed E-state index contributed by atoms with van der Waals surface area (Å²) in [4.78, 5) is 60.7. The van der Waals surface area contributed by atoms with Crippen LogP contribution in [0.4, 0.5) is 0 Å². The number of benzene rings is 1. The molecule has 2 saturated heterocycles. The number of ether oxygens (including phenoxy) is 2. The van der Waals surface area contributed by atoms with Gasteiger partial charge in [-0.2, -0.15) is 0 Å². The normalized spacial score (nSPS) is 34.1. The fraction of sp³-hybridized carbons (Fsp3) is 0.562. The van der Waals surface area contributed by atoms with Crippen LogP contribution >= 0.6 is 15.9 Å². The molecule has 4 aliphatic heterocycles. The van der Waals surface area contributed by atoms with E-state index in [9.17, 15) is 24.3 Å². The number of nitrogens with zero attached hydrogens (tertiary/aromatic N) is 3. The maximum absolute atomic E-state index is 14.4. The number of cyclic esters (lactones) is 1. The molecule has 5 rings (SSSR count). The molecule has 0 radical (unpaired) electrons. The van der Waals surface area contributed by atoms with Crippen LogP contribution in [0.25, 0.3) is 0 Å². The van der Waals surface area contributed by atoms with Crippen molar-refractivity contribution in [2.24, 2.45) is 11.8 Å². The number of halogens is 1. The van der Waals surface area contributed by atoms with Crippen LogP contribution in [-0.4, -0.2) is 100 Å². The predicted octanol–water partition coefficient (Wildman–Crippen LogP) is 2.96. The zero-order chi connectivity index (χ0) is 31.1. The lowest BCUT2D eigenvalue weighted by molar-refractivity contribution is -0.164. The summed E-state index contributed by atoms with van der Waals surface area (Å²) < 4.78 is 13.4. The molecule has 1 aromatic carbocycles. The van der Waals surface area contributed by atoms with Crippen molar-refractivity contribution in [3.8, 4) is 0 Å². The van der Waals surface area contributed by atoms with Gasteiger partial charge in [0.05, 0.1) is 12.0 Å². The first-order chi connectivity index (χ1) is 20.5. The van der Waals surface area contributed by atoms with Crippen LogP contribution in [-0.2, 0) is 28.7 Å². The molecule has 0 aromatic heterocycles. The Kier molecular flexibility index (Phi) is 9.15. The van der Waals surface area contributed by atoms with E-state index in [0.717, 1.165) is 5.56 Å². The summed E-state index contributed by atoms with van der Waals surface area (Å²) >= 11 is 3.57. The number of likely N-dealkylation sites (N-methyl/N-ethyl adjacent to an activating group) is 1. The van der Waals surface area contributed by atoms with Crippen molar-refractivity contribution in [2.45, 2.75) is 76.0 Å². The Balaban J connectivity index is 1.62. The third kappa shape index (κ3) is 5.44. The Labute approximate surface area is 260 Å².